The minimum atomic E-state index is -0.0315. The minimum absolute atomic E-state index is 0.0315. The van der Waals surface area contributed by atoms with E-state index in [1.807, 2.05) is 0 Å². The first kappa shape index (κ1) is 26.0. The predicted molar refractivity (Wildman–Crippen MR) is 119 cm³/mol. The van der Waals surface area contributed by atoms with Crippen LogP contribution in [0.3, 0.4) is 0 Å². The van der Waals surface area contributed by atoms with Crippen LogP contribution in [0.1, 0.15) is 155 Å². The molecule has 0 amide bonds. The van der Waals surface area contributed by atoms with Gasteiger partial charge in [0.05, 0.1) is 6.10 Å². The van der Waals surface area contributed by atoms with E-state index in [2.05, 4.69) is 13.8 Å². The zero-order valence-corrected chi connectivity index (χ0v) is 18.6. The van der Waals surface area contributed by atoms with Crippen LogP contribution in [-0.4, -0.2) is 11.2 Å². The molecule has 158 valence electrons. The first-order valence-electron chi connectivity index (χ1n) is 12.5. The Hall–Kier alpha value is -0.0400. The monoisotopic (exact) mass is 368 g/mol. The van der Waals surface area contributed by atoms with Gasteiger partial charge in [-0.3, -0.25) is 0 Å². The molecule has 0 spiro atoms. The fourth-order valence-electron chi connectivity index (χ4n) is 3.87. The second kappa shape index (κ2) is 23.0. The molecule has 0 aromatic heterocycles. The molecule has 0 aromatic rings. The summed E-state index contributed by atoms with van der Waals surface area (Å²) in [7, 11) is 0. The van der Waals surface area contributed by atoms with Crippen LogP contribution in [0.2, 0.25) is 0 Å². The molecule has 1 unspecified atom stereocenters. The van der Waals surface area contributed by atoms with Crippen molar-refractivity contribution in [3.05, 3.63) is 0 Å². The highest BCUT2D eigenvalue weighted by atomic mass is 16.3. The molecule has 0 aliphatic carbocycles. The Bertz CT molecular complexity index is 238. The Morgan fingerprint density at radius 2 is 0.654 bits per heavy atom. The number of hydrogen-bond donors (Lipinski definition) is 1. The van der Waals surface area contributed by atoms with Gasteiger partial charge in [-0.1, -0.05) is 142 Å². The highest BCUT2D eigenvalue weighted by molar-refractivity contribution is 4.56. The van der Waals surface area contributed by atoms with Crippen LogP contribution in [0.15, 0.2) is 0 Å². The van der Waals surface area contributed by atoms with Gasteiger partial charge >= 0.3 is 0 Å². The maximum Gasteiger partial charge on any atom is 0.0540 e. The van der Waals surface area contributed by atoms with Gasteiger partial charge in [0.15, 0.2) is 0 Å². The van der Waals surface area contributed by atoms with Gasteiger partial charge < -0.3 is 5.11 Å². The topological polar surface area (TPSA) is 20.2 Å². The molecule has 1 N–H and O–H groups in total. The third kappa shape index (κ3) is 22.0. The number of rotatable bonds is 22. The molecule has 0 fully saturated rings. The van der Waals surface area contributed by atoms with E-state index in [0.717, 1.165) is 12.8 Å². The van der Waals surface area contributed by atoms with Crippen molar-refractivity contribution in [2.75, 3.05) is 0 Å². The summed E-state index contributed by atoms with van der Waals surface area (Å²) in [6.45, 7) is 4.49. The first-order valence-corrected chi connectivity index (χ1v) is 12.5. The second-order valence-electron chi connectivity index (χ2n) is 8.60. The maximum absolute atomic E-state index is 9.82. The second-order valence-corrected chi connectivity index (χ2v) is 8.60. The van der Waals surface area contributed by atoms with Gasteiger partial charge in [-0.15, -0.1) is 0 Å². The third-order valence-corrected chi connectivity index (χ3v) is 5.78. The molecule has 1 heteroatoms. The van der Waals surface area contributed by atoms with Crippen molar-refractivity contribution >= 4 is 0 Å². The Morgan fingerprint density at radius 1 is 0.385 bits per heavy atom. The Labute approximate surface area is 166 Å². The molecule has 1 atom stereocenters. The molecule has 0 aromatic carbocycles. The molecule has 0 aliphatic heterocycles. The molecule has 26 heavy (non-hydrogen) atoms. The summed E-state index contributed by atoms with van der Waals surface area (Å²) in [5, 5.41) is 9.82. The van der Waals surface area contributed by atoms with Gasteiger partial charge in [-0.05, 0) is 12.8 Å². The van der Waals surface area contributed by atoms with E-state index >= 15 is 0 Å². The van der Waals surface area contributed by atoms with Crippen LogP contribution in [-0.2, 0) is 0 Å². The summed E-state index contributed by atoms with van der Waals surface area (Å²) in [6.07, 6.45) is 30.0. The fraction of sp³-hybridized carbons (Fsp3) is 1.00. The molecule has 0 saturated carbocycles. The Balaban J connectivity index is 3.03. The Kier molecular flexibility index (Phi) is 23.0. The molecule has 0 aliphatic rings. The minimum Gasteiger partial charge on any atom is -0.393 e. The van der Waals surface area contributed by atoms with E-state index in [4.69, 9.17) is 0 Å². The van der Waals surface area contributed by atoms with Crippen LogP contribution in [0, 0.1) is 0 Å². The normalized spacial score (nSPS) is 12.6. The van der Waals surface area contributed by atoms with Crippen molar-refractivity contribution in [2.45, 2.75) is 161 Å². The molecule has 0 bridgehead atoms. The molecular formula is C25H52O. The molecular weight excluding hydrogens is 316 g/mol. The SMILES string of the molecule is CCCCCCCCCCCCCCCCCCCCC(O)CCCC. The van der Waals surface area contributed by atoms with Gasteiger partial charge in [0.1, 0.15) is 0 Å². The van der Waals surface area contributed by atoms with Gasteiger partial charge in [-0.2, -0.15) is 0 Å². The van der Waals surface area contributed by atoms with Crippen LogP contribution in [0.5, 0.6) is 0 Å². The van der Waals surface area contributed by atoms with E-state index in [1.165, 1.54) is 128 Å². The standard InChI is InChI=1S/C25H52O/c1-3-5-7-8-9-10-11-12-13-14-15-16-17-18-19-20-21-22-24-25(26)23-6-4-2/h25-26H,3-24H2,1-2H3. The van der Waals surface area contributed by atoms with E-state index < -0.39 is 0 Å². The summed E-state index contributed by atoms with van der Waals surface area (Å²) in [5.41, 5.74) is 0. The lowest BCUT2D eigenvalue weighted by Gasteiger charge is -2.09. The number of aliphatic hydroxyl groups is 1. The summed E-state index contributed by atoms with van der Waals surface area (Å²) in [6, 6.07) is 0. The predicted octanol–water partition coefficient (Wildman–Crippen LogP) is 8.97. The first-order chi connectivity index (χ1) is 12.8. The van der Waals surface area contributed by atoms with Crippen LogP contribution in [0.4, 0.5) is 0 Å². The smallest absolute Gasteiger partial charge is 0.0540 e. The summed E-state index contributed by atoms with van der Waals surface area (Å²) < 4.78 is 0. The number of unbranched alkanes of at least 4 members (excludes halogenated alkanes) is 18. The molecule has 0 heterocycles. The number of hydrogen-bond acceptors (Lipinski definition) is 1. The van der Waals surface area contributed by atoms with Crippen molar-refractivity contribution in [3.8, 4) is 0 Å². The van der Waals surface area contributed by atoms with Crippen molar-refractivity contribution < 1.29 is 5.11 Å². The van der Waals surface area contributed by atoms with E-state index in [0.29, 0.717) is 0 Å². The van der Waals surface area contributed by atoms with Crippen LogP contribution in [0.25, 0.3) is 0 Å². The summed E-state index contributed by atoms with van der Waals surface area (Å²) in [4.78, 5) is 0. The van der Waals surface area contributed by atoms with E-state index in [1.54, 1.807) is 0 Å². The summed E-state index contributed by atoms with van der Waals surface area (Å²) in [5.74, 6) is 0. The lowest BCUT2D eigenvalue weighted by molar-refractivity contribution is 0.148. The van der Waals surface area contributed by atoms with E-state index in [9.17, 15) is 5.11 Å². The van der Waals surface area contributed by atoms with Crippen LogP contribution >= 0.6 is 0 Å². The van der Waals surface area contributed by atoms with Gasteiger partial charge in [0, 0.05) is 0 Å². The maximum atomic E-state index is 9.82. The summed E-state index contributed by atoms with van der Waals surface area (Å²) >= 11 is 0. The highest BCUT2D eigenvalue weighted by Gasteiger charge is 2.02. The third-order valence-electron chi connectivity index (χ3n) is 5.78. The molecule has 0 radical (unpaired) electrons. The van der Waals surface area contributed by atoms with Gasteiger partial charge in [0.2, 0.25) is 0 Å². The molecule has 0 saturated heterocycles. The molecule has 0 rings (SSSR count). The fourth-order valence-corrected chi connectivity index (χ4v) is 3.87. The van der Waals surface area contributed by atoms with Crippen LogP contribution < -0.4 is 0 Å². The lowest BCUT2D eigenvalue weighted by atomic mass is 10.0. The largest absolute Gasteiger partial charge is 0.393 e. The average Bonchev–Trinajstić information content (AvgIpc) is 2.65. The molecule has 1 nitrogen and oxygen atoms in total. The lowest BCUT2D eigenvalue weighted by Crippen LogP contribution is -2.05. The van der Waals surface area contributed by atoms with E-state index in [-0.39, 0.29) is 6.10 Å². The average molecular weight is 369 g/mol. The quantitative estimate of drug-likeness (QED) is 0.189. The zero-order chi connectivity index (χ0) is 19.1. The van der Waals surface area contributed by atoms with Crippen molar-refractivity contribution in [2.24, 2.45) is 0 Å². The van der Waals surface area contributed by atoms with Gasteiger partial charge in [-0.25, -0.2) is 0 Å². The number of aliphatic hydroxyl groups excluding tert-OH is 1. The zero-order valence-electron chi connectivity index (χ0n) is 18.6. The van der Waals surface area contributed by atoms with Gasteiger partial charge in [0.25, 0.3) is 0 Å². The van der Waals surface area contributed by atoms with Crippen molar-refractivity contribution in [3.63, 3.8) is 0 Å². The van der Waals surface area contributed by atoms with Crippen molar-refractivity contribution in [1.29, 1.82) is 0 Å². The van der Waals surface area contributed by atoms with Crippen molar-refractivity contribution in [1.82, 2.24) is 0 Å². The highest BCUT2D eigenvalue weighted by Crippen LogP contribution is 2.15. The Morgan fingerprint density at radius 3 is 1.00 bits per heavy atom.